The fraction of sp³-hybridized carbons (Fsp3) is 0.0556. The maximum absolute atomic E-state index is 11.9. The summed E-state index contributed by atoms with van der Waals surface area (Å²) in [5.41, 5.74) is 10.0. The predicted molar refractivity (Wildman–Crippen MR) is 90.0 cm³/mol. The van der Waals surface area contributed by atoms with Gasteiger partial charge in [-0.05, 0) is 11.6 Å². The van der Waals surface area contributed by atoms with Gasteiger partial charge in [0.1, 0.15) is 5.52 Å². The summed E-state index contributed by atoms with van der Waals surface area (Å²) in [4.78, 5) is 11.9. The molecule has 0 aliphatic heterocycles. The van der Waals surface area contributed by atoms with Crippen molar-refractivity contribution in [1.29, 1.82) is 0 Å². The molecule has 2 aromatic carbocycles. The van der Waals surface area contributed by atoms with Crippen molar-refractivity contribution in [1.82, 2.24) is 14.8 Å². The normalized spacial score (nSPS) is 11.2. The molecule has 5 nitrogen and oxygen atoms in total. The zero-order valence-electron chi connectivity index (χ0n) is 12.5. The highest BCUT2D eigenvalue weighted by atomic mass is 16.1. The highest BCUT2D eigenvalue weighted by Gasteiger charge is 2.21. The van der Waals surface area contributed by atoms with E-state index in [0.29, 0.717) is 0 Å². The summed E-state index contributed by atoms with van der Waals surface area (Å²) in [6, 6.07) is 17.6. The Kier molecular flexibility index (Phi) is 2.87. The van der Waals surface area contributed by atoms with Crippen molar-refractivity contribution in [2.45, 2.75) is 0 Å². The Bertz CT molecular complexity index is 1050. The van der Waals surface area contributed by atoms with Crippen LogP contribution in [0.25, 0.3) is 33.1 Å². The quantitative estimate of drug-likeness (QED) is 0.618. The van der Waals surface area contributed by atoms with E-state index in [0.717, 1.165) is 33.1 Å². The molecule has 23 heavy (non-hydrogen) atoms. The number of nitrogens with two attached hydrogens (primary N) is 1. The summed E-state index contributed by atoms with van der Waals surface area (Å²) in [5.74, 6) is -0.580. The van der Waals surface area contributed by atoms with E-state index in [4.69, 9.17) is 5.73 Å². The lowest BCUT2D eigenvalue weighted by molar-refractivity contribution is 0.0995. The van der Waals surface area contributed by atoms with Crippen LogP contribution >= 0.6 is 0 Å². The number of rotatable bonds is 2. The van der Waals surface area contributed by atoms with Gasteiger partial charge in [-0.3, -0.25) is 4.79 Å². The monoisotopic (exact) mass is 302 g/mol. The lowest BCUT2D eigenvalue weighted by atomic mass is 10.0. The molecule has 0 unspecified atom stereocenters. The Morgan fingerprint density at radius 2 is 1.70 bits per heavy atom. The first-order valence-corrected chi connectivity index (χ1v) is 7.27. The minimum atomic E-state index is -0.580. The second-order valence-corrected chi connectivity index (χ2v) is 5.43. The van der Waals surface area contributed by atoms with Crippen molar-refractivity contribution in [3.05, 3.63) is 60.3 Å². The highest BCUT2D eigenvalue weighted by Crippen LogP contribution is 2.35. The number of primary amides is 1. The number of benzene rings is 2. The Balaban J connectivity index is 2.25. The molecule has 0 atom stereocenters. The zero-order chi connectivity index (χ0) is 16.0. The number of carbonyl (C=O) groups is 1. The smallest absolute Gasteiger partial charge is 0.269 e. The average molecular weight is 302 g/mol. The summed E-state index contributed by atoms with van der Waals surface area (Å²) < 4.78 is 2.04. The van der Waals surface area contributed by atoms with Crippen molar-refractivity contribution in [3.8, 4) is 11.1 Å². The third-order valence-corrected chi connectivity index (χ3v) is 4.10. The van der Waals surface area contributed by atoms with Gasteiger partial charge in [0.2, 0.25) is 0 Å². The van der Waals surface area contributed by atoms with E-state index in [9.17, 15) is 4.79 Å². The molecule has 0 aliphatic carbocycles. The van der Waals surface area contributed by atoms with E-state index in [-0.39, 0.29) is 5.69 Å². The maximum atomic E-state index is 11.9. The first-order chi connectivity index (χ1) is 11.2. The molecule has 0 bridgehead atoms. The molecule has 2 aromatic heterocycles. The molecule has 0 saturated heterocycles. The maximum Gasteiger partial charge on any atom is 0.269 e. The van der Waals surface area contributed by atoms with Crippen LogP contribution in [0, 0.1) is 0 Å². The van der Waals surface area contributed by atoms with Crippen molar-refractivity contribution in [3.63, 3.8) is 0 Å². The fourth-order valence-corrected chi connectivity index (χ4v) is 3.07. The third-order valence-electron chi connectivity index (χ3n) is 4.10. The molecule has 0 spiro atoms. The van der Waals surface area contributed by atoms with Crippen LogP contribution in [-0.4, -0.2) is 20.7 Å². The van der Waals surface area contributed by atoms with Crippen molar-refractivity contribution < 1.29 is 4.79 Å². The first kappa shape index (κ1) is 13.5. The topological polar surface area (TPSA) is 73.8 Å². The van der Waals surface area contributed by atoms with Gasteiger partial charge in [-0.15, -0.1) is 10.2 Å². The minimum absolute atomic E-state index is 0.189. The second kappa shape index (κ2) is 4.91. The molecular weight excluding hydrogens is 288 g/mol. The van der Waals surface area contributed by atoms with Crippen molar-refractivity contribution in [2.24, 2.45) is 12.8 Å². The summed E-state index contributed by atoms with van der Waals surface area (Å²) in [6.07, 6.45) is 0. The number of aromatic nitrogens is 3. The van der Waals surface area contributed by atoms with Gasteiger partial charge in [-0.1, -0.05) is 48.5 Å². The highest BCUT2D eigenvalue weighted by molar-refractivity contribution is 6.14. The van der Waals surface area contributed by atoms with E-state index in [2.05, 4.69) is 10.2 Å². The predicted octanol–water partition coefficient (Wildman–Crippen LogP) is 2.89. The number of aryl methyl sites for hydroxylation is 1. The molecule has 2 N–H and O–H groups in total. The molecule has 4 aromatic rings. The van der Waals surface area contributed by atoms with Crippen LogP contribution in [0.15, 0.2) is 54.6 Å². The van der Waals surface area contributed by atoms with Gasteiger partial charge in [0.15, 0.2) is 5.69 Å². The van der Waals surface area contributed by atoms with Crippen LogP contribution in [0.5, 0.6) is 0 Å². The van der Waals surface area contributed by atoms with E-state index < -0.39 is 5.91 Å². The molecule has 1 amide bonds. The number of nitrogens with zero attached hydrogens (tertiary/aromatic N) is 3. The van der Waals surface area contributed by atoms with Gasteiger partial charge < -0.3 is 10.3 Å². The molecule has 0 aliphatic rings. The Hall–Kier alpha value is -3.21. The van der Waals surface area contributed by atoms with Gasteiger partial charge in [0.05, 0.1) is 11.0 Å². The van der Waals surface area contributed by atoms with Crippen LogP contribution in [-0.2, 0) is 7.05 Å². The van der Waals surface area contributed by atoms with E-state index in [1.807, 2.05) is 66.2 Å². The minimum Gasteiger partial charge on any atom is -0.364 e. The molecule has 0 radical (unpaired) electrons. The van der Waals surface area contributed by atoms with E-state index in [1.54, 1.807) is 0 Å². The van der Waals surface area contributed by atoms with Gasteiger partial charge in [-0.2, -0.15) is 0 Å². The molecule has 112 valence electrons. The SMILES string of the molecule is Cn1c2ccccc2c2nnc(C(N)=O)c(-c3ccccc3)c21. The zero-order valence-corrected chi connectivity index (χ0v) is 12.5. The number of fused-ring (bicyclic) bond motifs is 3. The fourth-order valence-electron chi connectivity index (χ4n) is 3.07. The standard InChI is InChI=1S/C18H14N4O/c1-22-13-10-6-5-9-12(13)15-17(22)14(11-7-3-2-4-8-11)16(18(19)23)21-20-15/h2-10H,1H3,(H2,19,23). The molecule has 2 heterocycles. The molecule has 5 heteroatoms. The number of hydrogen-bond acceptors (Lipinski definition) is 3. The number of amides is 1. The summed E-state index contributed by atoms with van der Waals surface area (Å²) >= 11 is 0. The Morgan fingerprint density at radius 1 is 1.00 bits per heavy atom. The van der Waals surface area contributed by atoms with Gasteiger partial charge in [-0.25, -0.2) is 0 Å². The molecule has 4 rings (SSSR count). The van der Waals surface area contributed by atoms with Crippen molar-refractivity contribution >= 4 is 27.8 Å². The molecule has 0 saturated carbocycles. The lowest BCUT2D eigenvalue weighted by Crippen LogP contribution is -2.16. The Labute approximate surface area is 132 Å². The van der Waals surface area contributed by atoms with E-state index >= 15 is 0 Å². The van der Waals surface area contributed by atoms with Crippen LogP contribution < -0.4 is 5.73 Å². The lowest BCUT2D eigenvalue weighted by Gasteiger charge is -2.09. The average Bonchev–Trinajstić information content (AvgIpc) is 2.88. The van der Waals surface area contributed by atoms with Crippen LogP contribution in [0.4, 0.5) is 0 Å². The molecular formula is C18H14N4O. The van der Waals surface area contributed by atoms with E-state index in [1.165, 1.54) is 0 Å². The first-order valence-electron chi connectivity index (χ1n) is 7.27. The third kappa shape index (κ3) is 1.90. The summed E-state index contributed by atoms with van der Waals surface area (Å²) in [5, 5.41) is 9.38. The van der Waals surface area contributed by atoms with Gasteiger partial charge in [0, 0.05) is 18.0 Å². The molecule has 0 fully saturated rings. The number of carbonyl (C=O) groups excluding carboxylic acids is 1. The summed E-state index contributed by atoms with van der Waals surface area (Å²) in [7, 11) is 1.96. The van der Waals surface area contributed by atoms with Gasteiger partial charge >= 0.3 is 0 Å². The van der Waals surface area contributed by atoms with Crippen LogP contribution in [0.2, 0.25) is 0 Å². The van der Waals surface area contributed by atoms with Crippen LogP contribution in [0.1, 0.15) is 10.5 Å². The number of hydrogen-bond donors (Lipinski definition) is 1. The largest absolute Gasteiger partial charge is 0.364 e. The van der Waals surface area contributed by atoms with Gasteiger partial charge in [0.25, 0.3) is 5.91 Å². The van der Waals surface area contributed by atoms with Crippen molar-refractivity contribution in [2.75, 3.05) is 0 Å². The Morgan fingerprint density at radius 3 is 2.43 bits per heavy atom. The summed E-state index contributed by atoms with van der Waals surface area (Å²) in [6.45, 7) is 0. The van der Waals surface area contributed by atoms with Crippen LogP contribution in [0.3, 0.4) is 0 Å². The number of para-hydroxylation sites is 1. The second-order valence-electron chi connectivity index (χ2n) is 5.43.